The van der Waals surface area contributed by atoms with Crippen LogP contribution in [0.3, 0.4) is 0 Å². The van der Waals surface area contributed by atoms with Crippen LogP contribution in [0.1, 0.15) is 37.7 Å². The highest BCUT2D eigenvalue weighted by Crippen LogP contribution is 2.01. The lowest BCUT2D eigenvalue weighted by Gasteiger charge is -2.20. The topological polar surface area (TPSA) is 70.2 Å². The number of hydrogen-bond donors (Lipinski definition) is 2. The first-order valence-electron chi connectivity index (χ1n) is 7.09. The Morgan fingerprint density at radius 1 is 1.40 bits per heavy atom. The van der Waals surface area contributed by atoms with Gasteiger partial charge in [-0.25, -0.2) is 4.98 Å². The molecule has 1 aromatic heterocycles. The summed E-state index contributed by atoms with van der Waals surface area (Å²) in [6, 6.07) is 0.522. The summed E-state index contributed by atoms with van der Waals surface area (Å²) in [4.78, 5) is 22.4. The van der Waals surface area contributed by atoms with Crippen LogP contribution in [0.4, 0.5) is 5.82 Å². The summed E-state index contributed by atoms with van der Waals surface area (Å²) in [6.45, 7) is 8.63. The lowest BCUT2D eigenvalue weighted by Crippen LogP contribution is -2.31. The molecule has 6 nitrogen and oxygen atoms in total. The zero-order chi connectivity index (χ0) is 15.0. The normalized spacial score (nSPS) is 10.9. The minimum absolute atomic E-state index is 0.176. The summed E-state index contributed by atoms with van der Waals surface area (Å²) < 4.78 is 0. The second-order valence-corrected chi connectivity index (χ2v) is 5.00. The lowest BCUT2D eigenvalue weighted by atomic mass is 10.3. The third-order valence-electron chi connectivity index (χ3n) is 3.08. The molecule has 1 heterocycles. The molecular formula is C14H25N5O. The summed E-state index contributed by atoms with van der Waals surface area (Å²) in [7, 11) is 2.08. The van der Waals surface area contributed by atoms with Crippen molar-refractivity contribution in [2.24, 2.45) is 0 Å². The smallest absolute Gasteiger partial charge is 0.271 e. The van der Waals surface area contributed by atoms with Crippen LogP contribution < -0.4 is 10.6 Å². The van der Waals surface area contributed by atoms with Gasteiger partial charge in [0.1, 0.15) is 11.5 Å². The first kappa shape index (κ1) is 16.4. The average molecular weight is 279 g/mol. The maximum atomic E-state index is 11.9. The Kier molecular flexibility index (Phi) is 6.93. The van der Waals surface area contributed by atoms with E-state index < -0.39 is 0 Å². The molecule has 0 spiro atoms. The maximum Gasteiger partial charge on any atom is 0.271 e. The molecule has 1 aromatic rings. The lowest BCUT2D eigenvalue weighted by molar-refractivity contribution is 0.0946. The molecule has 6 heteroatoms. The van der Waals surface area contributed by atoms with E-state index in [1.54, 1.807) is 6.20 Å². The van der Waals surface area contributed by atoms with E-state index in [1.165, 1.54) is 6.20 Å². The van der Waals surface area contributed by atoms with Crippen LogP contribution in [0, 0.1) is 0 Å². The Labute approximate surface area is 121 Å². The molecule has 1 amide bonds. The van der Waals surface area contributed by atoms with E-state index in [-0.39, 0.29) is 5.91 Å². The number of nitrogens with one attached hydrogen (secondary N) is 2. The molecule has 0 saturated heterocycles. The minimum atomic E-state index is -0.176. The zero-order valence-corrected chi connectivity index (χ0v) is 12.8. The molecule has 0 bridgehead atoms. The van der Waals surface area contributed by atoms with Gasteiger partial charge in [0.05, 0.1) is 12.4 Å². The summed E-state index contributed by atoms with van der Waals surface area (Å²) in [6.07, 6.45) is 4.01. The fourth-order valence-electron chi connectivity index (χ4n) is 1.62. The minimum Gasteiger partial charge on any atom is -0.369 e. The predicted octanol–water partition coefficient (Wildman–Crippen LogP) is 1.37. The van der Waals surface area contributed by atoms with Gasteiger partial charge in [-0.05, 0) is 40.8 Å². The van der Waals surface area contributed by atoms with Crippen molar-refractivity contribution in [2.75, 3.05) is 32.0 Å². The van der Waals surface area contributed by atoms with Crippen LogP contribution in [0.25, 0.3) is 0 Å². The Morgan fingerprint density at radius 3 is 2.80 bits per heavy atom. The van der Waals surface area contributed by atoms with Crippen LogP contribution in [0.5, 0.6) is 0 Å². The van der Waals surface area contributed by atoms with Crippen LogP contribution in [0.15, 0.2) is 12.4 Å². The molecule has 0 aromatic carbocycles. The number of carbonyl (C=O) groups excluding carboxylic acids is 1. The van der Waals surface area contributed by atoms with E-state index in [0.717, 1.165) is 19.5 Å². The zero-order valence-electron chi connectivity index (χ0n) is 12.8. The second kappa shape index (κ2) is 8.47. The third kappa shape index (κ3) is 5.52. The van der Waals surface area contributed by atoms with Crippen LogP contribution in [-0.2, 0) is 0 Å². The number of aromatic nitrogens is 2. The number of amides is 1. The Morgan fingerprint density at radius 2 is 2.15 bits per heavy atom. The van der Waals surface area contributed by atoms with Crippen molar-refractivity contribution in [1.29, 1.82) is 0 Å². The van der Waals surface area contributed by atoms with Gasteiger partial charge in [0.25, 0.3) is 5.91 Å². The highest BCUT2D eigenvalue weighted by Gasteiger charge is 2.08. The first-order valence-corrected chi connectivity index (χ1v) is 7.09. The quantitative estimate of drug-likeness (QED) is 0.703. The van der Waals surface area contributed by atoms with E-state index in [4.69, 9.17) is 0 Å². The third-order valence-corrected chi connectivity index (χ3v) is 3.08. The SMILES string of the molecule is CCNc1cncc(C(=O)NCCCN(C)C(C)C)n1. The number of hydrogen-bond acceptors (Lipinski definition) is 5. The maximum absolute atomic E-state index is 11.9. The van der Waals surface area contributed by atoms with Crippen molar-refractivity contribution in [3.63, 3.8) is 0 Å². The highest BCUT2D eigenvalue weighted by molar-refractivity contribution is 5.92. The number of rotatable bonds is 8. The van der Waals surface area contributed by atoms with Gasteiger partial charge in [-0.15, -0.1) is 0 Å². The number of carbonyl (C=O) groups is 1. The Balaban J connectivity index is 2.37. The van der Waals surface area contributed by atoms with Crippen molar-refractivity contribution in [3.8, 4) is 0 Å². The molecule has 112 valence electrons. The fraction of sp³-hybridized carbons (Fsp3) is 0.643. The summed E-state index contributed by atoms with van der Waals surface area (Å²) in [5.41, 5.74) is 0.348. The molecule has 0 atom stereocenters. The van der Waals surface area contributed by atoms with Crippen molar-refractivity contribution in [3.05, 3.63) is 18.1 Å². The van der Waals surface area contributed by atoms with Gasteiger partial charge in [0.2, 0.25) is 0 Å². The molecule has 0 aliphatic heterocycles. The highest BCUT2D eigenvalue weighted by atomic mass is 16.1. The largest absolute Gasteiger partial charge is 0.369 e. The van der Waals surface area contributed by atoms with Crippen LogP contribution in [0.2, 0.25) is 0 Å². The van der Waals surface area contributed by atoms with E-state index >= 15 is 0 Å². The van der Waals surface area contributed by atoms with Gasteiger partial charge < -0.3 is 15.5 Å². The van der Waals surface area contributed by atoms with E-state index in [1.807, 2.05) is 6.92 Å². The van der Waals surface area contributed by atoms with Crippen LogP contribution in [-0.4, -0.2) is 53.5 Å². The van der Waals surface area contributed by atoms with Gasteiger partial charge >= 0.3 is 0 Å². The first-order chi connectivity index (χ1) is 9.54. The van der Waals surface area contributed by atoms with Gasteiger partial charge in [0.15, 0.2) is 0 Å². The molecule has 0 radical (unpaired) electrons. The van der Waals surface area contributed by atoms with Gasteiger partial charge in [-0.3, -0.25) is 9.78 Å². The van der Waals surface area contributed by atoms with E-state index in [2.05, 4.69) is 46.4 Å². The van der Waals surface area contributed by atoms with Gasteiger partial charge in [-0.2, -0.15) is 0 Å². The summed E-state index contributed by atoms with van der Waals surface area (Å²) >= 11 is 0. The molecule has 0 aliphatic rings. The summed E-state index contributed by atoms with van der Waals surface area (Å²) in [5.74, 6) is 0.448. The monoisotopic (exact) mass is 279 g/mol. The molecule has 1 rings (SSSR count). The van der Waals surface area contributed by atoms with E-state index in [9.17, 15) is 4.79 Å². The molecule has 0 saturated carbocycles. The predicted molar refractivity (Wildman–Crippen MR) is 80.9 cm³/mol. The molecule has 2 N–H and O–H groups in total. The number of anilines is 1. The average Bonchev–Trinajstić information content (AvgIpc) is 2.43. The standard InChI is InChI=1S/C14H25N5O/c1-5-16-13-10-15-9-12(18-13)14(20)17-7-6-8-19(4)11(2)3/h9-11H,5-8H2,1-4H3,(H,16,18)(H,17,20). The van der Waals surface area contributed by atoms with Crippen molar-refractivity contribution < 1.29 is 4.79 Å². The molecule has 0 aliphatic carbocycles. The summed E-state index contributed by atoms with van der Waals surface area (Å²) in [5, 5.41) is 5.90. The Bertz CT molecular complexity index is 422. The van der Waals surface area contributed by atoms with Crippen molar-refractivity contribution in [2.45, 2.75) is 33.2 Å². The van der Waals surface area contributed by atoms with Crippen LogP contribution >= 0.6 is 0 Å². The van der Waals surface area contributed by atoms with Crippen molar-refractivity contribution >= 4 is 11.7 Å². The molecule has 0 unspecified atom stereocenters. The van der Waals surface area contributed by atoms with Gasteiger partial charge in [0, 0.05) is 19.1 Å². The number of nitrogens with zero attached hydrogens (tertiary/aromatic N) is 3. The second-order valence-electron chi connectivity index (χ2n) is 5.00. The fourth-order valence-corrected chi connectivity index (χ4v) is 1.62. The molecule has 20 heavy (non-hydrogen) atoms. The van der Waals surface area contributed by atoms with Crippen molar-refractivity contribution in [1.82, 2.24) is 20.2 Å². The van der Waals surface area contributed by atoms with E-state index in [0.29, 0.717) is 24.1 Å². The Hall–Kier alpha value is -1.69. The molecule has 0 fully saturated rings. The van der Waals surface area contributed by atoms with Gasteiger partial charge in [-0.1, -0.05) is 0 Å². The molecular weight excluding hydrogens is 254 g/mol.